The highest BCUT2D eigenvalue weighted by Gasteiger charge is 2.24. The summed E-state index contributed by atoms with van der Waals surface area (Å²) in [5, 5.41) is 11.2. The summed E-state index contributed by atoms with van der Waals surface area (Å²) in [7, 11) is 0. The van der Waals surface area contributed by atoms with Crippen LogP contribution in [0.3, 0.4) is 0 Å². The highest BCUT2D eigenvalue weighted by molar-refractivity contribution is 7.99. The largest absolute Gasteiger partial charge is 0.392 e. The second-order valence-corrected chi connectivity index (χ2v) is 5.44. The molecule has 2 rings (SSSR count). The van der Waals surface area contributed by atoms with Crippen molar-refractivity contribution in [3.8, 4) is 0 Å². The molecule has 0 spiro atoms. The van der Waals surface area contributed by atoms with Gasteiger partial charge < -0.3 is 5.11 Å². The third kappa shape index (κ3) is 2.95. The van der Waals surface area contributed by atoms with Crippen molar-refractivity contribution in [3.05, 3.63) is 23.9 Å². The molecular formula is C12H17NOS. The first-order valence-electron chi connectivity index (χ1n) is 5.53. The number of pyridine rings is 1. The molecule has 82 valence electrons. The van der Waals surface area contributed by atoms with Gasteiger partial charge in [-0.05, 0) is 31.4 Å². The summed E-state index contributed by atoms with van der Waals surface area (Å²) in [4.78, 5) is 4.36. The van der Waals surface area contributed by atoms with Crippen LogP contribution in [0.4, 0.5) is 0 Å². The fourth-order valence-corrected chi connectivity index (χ4v) is 3.04. The first kappa shape index (κ1) is 11.0. The number of hydrogen-bond donors (Lipinski definition) is 1. The molecule has 2 nitrogen and oxygen atoms in total. The molecule has 1 aromatic heterocycles. The number of nitrogens with zero attached hydrogens (tertiary/aromatic N) is 1. The Hall–Kier alpha value is -0.540. The van der Waals surface area contributed by atoms with Gasteiger partial charge in [-0.1, -0.05) is 18.9 Å². The number of hydrogen-bond acceptors (Lipinski definition) is 3. The van der Waals surface area contributed by atoms with E-state index in [2.05, 4.69) is 11.1 Å². The molecule has 1 fully saturated rings. The molecule has 2 atom stereocenters. The van der Waals surface area contributed by atoms with Gasteiger partial charge in [-0.2, -0.15) is 0 Å². The molecule has 0 aromatic carbocycles. The number of aromatic nitrogens is 1. The molecule has 1 aliphatic rings. The molecule has 15 heavy (non-hydrogen) atoms. The Balaban J connectivity index is 1.98. The molecule has 0 amide bonds. The normalized spacial score (nSPS) is 26.5. The van der Waals surface area contributed by atoms with Crippen LogP contribution in [0.2, 0.25) is 0 Å². The van der Waals surface area contributed by atoms with Gasteiger partial charge in [-0.25, -0.2) is 4.98 Å². The summed E-state index contributed by atoms with van der Waals surface area (Å²) in [6.07, 6.45) is 6.20. The van der Waals surface area contributed by atoms with Crippen LogP contribution < -0.4 is 0 Å². The maximum absolute atomic E-state index is 9.84. The maximum Gasteiger partial charge on any atom is 0.0963 e. The number of aliphatic hydroxyl groups is 1. The predicted octanol–water partition coefficient (Wildman–Crippen LogP) is 2.79. The van der Waals surface area contributed by atoms with Crippen molar-refractivity contribution in [2.75, 3.05) is 0 Å². The highest BCUT2D eigenvalue weighted by atomic mass is 32.2. The van der Waals surface area contributed by atoms with E-state index in [1.54, 1.807) is 11.8 Å². The van der Waals surface area contributed by atoms with Crippen LogP contribution in [0.15, 0.2) is 23.4 Å². The van der Waals surface area contributed by atoms with E-state index in [0.717, 1.165) is 17.9 Å². The Morgan fingerprint density at radius 3 is 2.80 bits per heavy atom. The molecule has 1 saturated carbocycles. The van der Waals surface area contributed by atoms with Crippen LogP contribution in [-0.4, -0.2) is 21.4 Å². The highest BCUT2D eigenvalue weighted by Crippen LogP contribution is 2.32. The van der Waals surface area contributed by atoms with E-state index in [4.69, 9.17) is 0 Å². The van der Waals surface area contributed by atoms with E-state index in [-0.39, 0.29) is 6.10 Å². The molecule has 0 radical (unpaired) electrons. The summed E-state index contributed by atoms with van der Waals surface area (Å²) in [5.74, 6) is 0. The van der Waals surface area contributed by atoms with Crippen LogP contribution in [0, 0.1) is 6.92 Å². The summed E-state index contributed by atoms with van der Waals surface area (Å²) in [6, 6.07) is 4.12. The first-order valence-corrected chi connectivity index (χ1v) is 6.41. The van der Waals surface area contributed by atoms with Gasteiger partial charge in [0.25, 0.3) is 0 Å². The Kier molecular flexibility index (Phi) is 3.65. The lowest BCUT2D eigenvalue weighted by Crippen LogP contribution is -2.26. The van der Waals surface area contributed by atoms with Crippen molar-refractivity contribution in [1.29, 1.82) is 0 Å². The van der Waals surface area contributed by atoms with Crippen molar-refractivity contribution in [2.24, 2.45) is 0 Å². The molecule has 0 bridgehead atoms. The third-order valence-electron chi connectivity index (χ3n) is 2.82. The summed E-state index contributed by atoms with van der Waals surface area (Å²) in [5.41, 5.74) is 1.18. The quantitative estimate of drug-likeness (QED) is 0.837. The summed E-state index contributed by atoms with van der Waals surface area (Å²) in [6.45, 7) is 2.04. The average molecular weight is 223 g/mol. The maximum atomic E-state index is 9.84. The van der Waals surface area contributed by atoms with Crippen LogP contribution >= 0.6 is 11.8 Å². The van der Waals surface area contributed by atoms with Crippen LogP contribution in [0.25, 0.3) is 0 Å². The molecule has 0 saturated heterocycles. The van der Waals surface area contributed by atoms with E-state index in [1.165, 1.54) is 18.4 Å². The lowest BCUT2D eigenvalue weighted by molar-refractivity contribution is 0.137. The lowest BCUT2D eigenvalue weighted by Gasteiger charge is -2.26. The number of thioether (sulfide) groups is 1. The zero-order valence-electron chi connectivity index (χ0n) is 9.02. The first-order chi connectivity index (χ1) is 7.25. The molecule has 1 N–H and O–H groups in total. The monoisotopic (exact) mass is 223 g/mol. The number of aliphatic hydroxyl groups excluding tert-OH is 1. The minimum Gasteiger partial charge on any atom is -0.392 e. The third-order valence-corrected chi connectivity index (χ3v) is 4.16. The number of aryl methyl sites for hydroxylation is 1. The van der Waals surface area contributed by atoms with E-state index in [1.807, 2.05) is 19.2 Å². The van der Waals surface area contributed by atoms with Gasteiger partial charge in [-0.15, -0.1) is 11.8 Å². The molecule has 1 aliphatic carbocycles. The van der Waals surface area contributed by atoms with Crippen LogP contribution in [0.1, 0.15) is 31.2 Å². The zero-order valence-corrected chi connectivity index (χ0v) is 9.83. The standard InChI is InChI=1S/C12H17NOS/c1-9-6-7-12(13-8-9)15-11-5-3-2-4-10(11)14/h6-8,10-11,14H,2-5H2,1H3. The smallest absolute Gasteiger partial charge is 0.0963 e. The zero-order chi connectivity index (χ0) is 10.7. The Morgan fingerprint density at radius 2 is 2.13 bits per heavy atom. The molecule has 1 heterocycles. The van der Waals surface area contributed by atoms with Crippen molar-refractivity contribution < 1.29 is 5.11 Å². The van der Waals surface area contributed by atoms with Gasteiger partial charge in [0.1, 0.15) is 0 Å². The van der Waals surface area contributed by atoms with Gasteiger partial charge >= 0.3 is 0 Å². The van der Waals surface area contributed by atoms with Crippen LogP contribution in [-0.2, 0) is 0 Å². The lowest BCUT2D eigenvalue weighted by atomic mass is 9.97. The van der Waals surface area contributed by atoms with Gasteiger partial charge in [0, 0.05) is 11.4 Å². The summed E-state index contributed by atoms with van der Waals surface area (Å²) >= 11 is 1.72. The molecule has 2 unspecified atom stereocenters. The molecular weight excluding hydrogens is 206 g/mol. The number of rotatable bonds is 2. The van der Waals surface area contributed by atoms with Gasteiger partial charge in [-0.3, -0.25) is 0 Å². The van der Waals surface area contributed by atoms with Gasteiger partial charge in [0.2, 0.25) is 0 Å². The summed E-state index contributed by atoms with van der Waals surface area (Å²) < 4.78 is 0. The molecule has 0 aliphatic heterocycles. The van der Waals surface area contributed by atoms with E-state index in [0.29, 0.717) is 5.25 Å². The second-order valence-electron chi connectivity index (χ2n) is 4.18. The van der Waals surface area contributed by atoms with Gasteiger partial charge in [0.15, 0.2) is 0 Å². The van der Waals surface area contributed by atoms with E-state index in [9.17, 15) is 5.11 Å². The second kappa shape index (κ2) is 4.99. The fourth-order valence-electron chi connectivity index (χ4n) is 1.89. The van der Waals surface area contributed by atoms with Crippen molar-refractivity contribution in [3.63, 3.8) is 0 Å². The fraction of sp³-hybridized carbons (Fsp3) is 0.583. The van der Waals surface area contributed by atoms with E-state index >= 15 is 0 Å². The van der Waals surface area contributed by atoms with E-state index < -0.39 is 0 Å². The Bertz CT molecular complexity index is 312. The Morgan fingerprint density at radius 1 is 1.33 bits per heavy atom. The van der Waals surface area contributed by atoms with Crippen molar-refractivity contribution in [2.45, 2.75) is 49.0 Å². The minimum atomic E-state index is -0.146. The van der Waals surface area contributed by atoms with Gasteiger partial charge in [0.05, 0.1) is 11.1 Å². The predicted molar refractivity (Wildman–Crippen MR) is 63.1 cm³/mol. The minimum absolute atomic E-state index is 0.146. The topological polar surface area (TPSA) is 33.1 Å². The molecule has 1 aromatic rings. The Labute approximate surface area is 95.1 Å². The van der Waals surface area contributed by atoms with Crippen LogP contribution in [0.5, 0.6) is 0 Å². The molecule has 3 heteroatoms. The van der Waals surface area contributed by atoms with Crippen molar-refractivity contribution >= 4 is 11.8 Å². The average Bonchev–Trinajstić information content (AvgIpc) is 2.25. The SMILES string of the molecule is Cc1ccc(SC2CCCCC2O)nc1. The van der Waals surface area contributed by atoms with Crippen molar-refractivity contribution in [1.82, 2.24) is 4.98 Å².